The molecule has 1 heterocycles. The lowest BCUT2D eigenvalue weighted by Crippen LogP contribution is -2.45. The monoisotopic (exact) mass is 378 g/mol. The molecular formula is C20H26O7. The van der Waals surface area contributed by atoms with Crippen molar-refractivity contribution in [3.05, 3.63) is 23.8 Å². The molecule has 0 radical (unpaired) electrons. The lowest BCUT2D eigenvalue weighted by atomic mass is 9.76. The van der Waals surface area contributed by atoms with E-state index in [0.717, 1.165) is 0 Å². The van der Waals surface area contributed by atoms with Gasteiger partial charge in [0.05, 0.1) is 17.4 Å². The lowest BCUT2D eigenvalue weighted by Gasteiger charge is -2.34. The number of allylic oxidation sites excluding steroid dienone is 1. The van der Waals surface area contributed by atoms with Crippen LogP contribution in [0.1, 0.15) is 33.6 Å². The molecule has 3 fully saturated rings. The molecule has 0 amide bonds. The van der Waals surface area contributed by atoms with Crippen molar-refractivity contribution in [2.75, 3.05) is 0 Å². The topological polar surface area (TPSA) is 110 Å². The highest BCUT2D eigenvalue weighted by atomic mass is 16.6. The van der Waals surface area contributed by atoms with Gasteiger partial charge in [0.1, 0.15) is 24.6 Å². The van der Waals surface area contributed by atoms with Crippen LogP contribution in [0.5, 0.6) is 0 Å². The first-order chi connectivity index (χ1) is 12.6. The molecule has 148 valence electrons. The van der Waals surface area contributed by atoms with Gasteiger partial charge in [-0.2, -0.15) is 0 Å². The number of aldehydes is 1. The average Bonchev–Trinajstić information content (AvgIpc) is 3.05. The van der Waals surface area contributed by atoms with Crippen LogP contribution in [0.3, 0.4) is 0 Å². The van der Waals surface area contributed by atoms with Crippen molar-refractivity contribution in [1.29, 1.82) is 0 Å². The lowest BCUT2D eigenvalue weighted by molar-refractivity contribution is -0.158. The average molecular weight is 378 g/mol. The number of hydrogen-bond acceptors (Lipinski definition) is 7. The second-order valence-electron chi connectivity index (χ2n) is 8.05. The summed E-state index contributed by atoms with van der Waals surface area (Å²) < 4.78 is 11.0. The maximum atomic E-state index is 12.3. The summed E-state index contributed by atoms with van der Waals surface area (Å²) in [5.74, 6) is -3.87. The molecule has 2 aliphatic carbocycles. The highest BCUT2D eigenvalue weighted by molar-refractivity contribution is 5.91. The van der Waals surface area contributed by atoms with E-state index in [9.17, 15) is 24.6 Å². The van der Waals surface area contributed by atoms with Gasteiger partial charge in [-0.15, -0.1) is 0 Å². The number of ether oxygens (including phenoxy) is 2. The fourth-order valence-electron chi connectivity index (χ4n) is 4.94. The summed E-state index contributed by atoms with van der Waals surface area (Å²) in [4.78, 5) is 36.4. The highest BCUT2D eigenvalue weighted by Crippen LogP contribution is 2.54. The third kappa shape index (κ3) is 3.02. The van der Waals surface area contributed by atoms with Crippen molar-refractivity contribution in [2.45, 2.75) is 57.5 Å². The Hall–Kier alpha value is -1.99. The van der Waals surface area contributed by atoms with E-state index in [1.165, 1.54) is 0 Å². The molecule has 1 saturated heterocycles. The molecule has 0 unspecified atom stereocenters. The first-order valence-corrected chi connectivity index (χ1v) is 9.23. The largest absolute Gasteiger partial charge is 0.458 e. The Kier molecular flexibility index (Phi) is 5.03. The molecule has 8 atom stereocenters. The summed E-state index contributed by atoms with van der Waals surface area (Å²) >= 11 is 0. The standard InChI is InChI=1S/C20H26O7/c1-5-9(2)18(23)26-16-12(8-21)11-6-7-20(4,25)14(11)17-13(15(16)22)10(3)19(24)27-17/h5,8,11-17,22,25H,3,6-7H2,1-2,4H3/b9-5-/t11-,12-,13+,14-,15-,16+,17-,20-/m0/s1. The smallest absolute Gasteiger partial charge is 0.334 e. The van der Waals surface area contributed by atoms with E-state index in [2.05, 4.69) is 6.58 Å². The normalized spacial score (nSPS) is 44.2. The fourth-order valence-corrected chi connectivity index (χ4v) is 4.94. The predicted octanol–water partition coefficient (Wildman–Crippen LogP) is 0.929. The van der Waals surface area contributed by atoms with E-state index in [0.29, 0.717) is 24.7 Å². The number of rotatable bonds is 3. The van der Waals surface area contributed by atoms with Crippen LogP contribution in [-0.2, 0) is 23.9 Å². The Morgan fingerprint density at radius 1 is 1.44 bits per heavy atom. The molecule has 2 N–H and O–H groups in total. The second-order valence-corrected chi connectivity index (χ2v) is 8.05. The molecule has 0 bridgehead atoms. The summed E-state index contributed by atoms with van der Waals surface area (Å²) in [6.45, 7) is 8.64. The number of hydrogen-bond donors (Lipinski definition) is 2. The van der Waals surface area contributed by atoms with Gasteiger partial charge < -0.3 is 24.5 Å². The second kappa shape index (κ2) is 6.87. The van der Waals surface area contributed by atoms with Gasteiger partial charge in [-0.05, 0) is 39.5 Å². The Labute approximate surface area is 158 Å². The van der Waals surface area contributed by atoms with Crippen LogP contribution in [0.4, 0.5) is 0 Å². The van der Waals surface area contributed by atoms with E-state index >= 15 is 0 Å². The molecular weight excluding hydrogens is 352 g/mol. The molecule has 3 rings (SSSR count). The number of aliphatic hydroxyl groups excluding tert-OH is 1. The summed E-state index contributed by atoms with van der Waals surface area (Å²) in [6, 6.07) is 0. The number of fused-ring (bicyclic) bond motifs is 3. The third-order valence-electron chi connectivity index (χ3n) is 6.51. The highest BCUT2D eigenvalue weighted by Gasteiger charge is 2.63. The van der Waals surface area contributed by atoms with Gasteiger partial charge in [-0.3, -0.25) is 0 Å². The van der Waals surface area contributed by atoms with Crippen LogP contribution >= 0.6 is 0 Å². The Bertz CT molecular complexity index is 707. The Balaban J connectivity index is 2.07. The number of aliphatic hydroxyl groups is 2. The van der Waals surface area contributed by atoms with Gasteiger partial charge in [-0.1, -0.05) is 12.7 Å². The van der Waals surface area contributed by atoms with Crippen LogP contribution in [0.25, 0.3) is 0 Å². The number of carbonyl (C=O) groups is 3. The van der Waals surface area contributed by atoms with Gasteiger partial charge in [0.15, 0.2) is 0 Å². The third-order valence-corrected chi connectivity index (χ3v) is 6.51. The summed E-state index contributed by atoms with van der Waals surface area (Å²) in [5, 5.41) is 21.9. The van der Waals surface area contributed by atoms with Gasteiger partial charge in [0.2, 0.25) is 0 Å². The number of esters is 2. The number of carbonyl (C=O) groups excluding carboxylic acids is 3. The van der Waals surface area contributed by atoms with E-state index < -0.39 is 53.6 Å². The quantitative estimate of drug-likeness (QED) is 0.427. The van der Waals surface area contributed by atoms with E-state index in [4.69, 9.17) is 9.47 Å². The molecule has 27 heavy (non-hydrogen) atoms. The molecule has 2 saturated carbocycles. The molecule has 3 aliphatic rings. The van der Waals surface area contributed by atoms with Crippen LogP contribution < -0.4 is 0 Å². The summed E-state index contributed by atoms with van der Waals surface area (Å²) in [7, 11) is 0. The fraction of sp³-hybridized carbons (Fsp3) is 0.650. The SMILES string of the molecule is C=C1C(=O)O[C@H]2[C@H]1[C@H](O)[C@H](OC(=O)/C(C)=C\C)[C@@H](C=O)[C@@H]1CC[C@](C)(O)[C@@H]12. The van der Waals surface area contributed by atoms with Crippen molar-refractivity contribution in [2.24, 2.45) is 23.7 Å². The minimum absolute atomic E-state index is 0.0734. The Morgan fingerprint density at radius 3 is 2.70 bits per heavy atom. The first-order valence-electron chi connectivity index (χ1n) is 9.23. The van der Waals surface area contributed by atoms with Gasteiger partial charge in [0.25, 0.3) is 0 Å². The van der Waals surface area contributed by atoms with Crippen molar-refractivity contribution in [1.82, 2.24) is 0 Å². The maximum absolute atomic E-state index is 12.3. The van der Waals surface area contributed by atoms with Crippen molar-refractivity contribution in [3.63, 3.8) is 0 Å². The summed E-state index contributed by atoms with van der Waals surface area (Å²) in [6.07, 6.45) is -0.115. The maximum Gasteiger partial charge on any atom is 0.334 e. The predicted molar refractivity (Wildman–Crippen MR) is 94.2 cm³/mol. The van der Waals surface area contributed by atoms with Crippen molar-refractivity contribution < 1.29 is 34.1 Å². The molecule has 0 aromatic heterocycles. The molecule has 1 aliphatic heterocycles. The first kappa shape index (κ1) is 19.8. The molecule has 7 heteroatoms. The van der Waals surface area contributed by atoms with Gasteiger partial charge in [0, 0.05) is 17.1 Å². The Morgan fingerprint density at radius 2 is 2.11 bits per heavy atom. The van der Waals surface area contributed by atoms with Gasteiger partial charge in [-0.25, -0.2) is 9.59 Å². The molecule has 0 aromatic rings. The minimum Gasteiger partial charge on any atom is -0.458 e. The van der Waals surface area contributed by atoms with Crippen LogP contribution in [0, 0.1) is 23.7 Å². The summed E-state index contributed by atoms with van der Waals surface area (Å²) in [5.41, 5.74) is -0.748. The molecule has 7 nitrogen and oxygen atoms in total. The van der Waals surface area contributed by atoms with E-state index in [1.807, 2.05) is 0 Å². The van der Waals surface area contributed by atoms with Crippen LogP contribution in [0.2, 0.25) is 0 Å². The zero-order valence-electron chi connectivity index (χ0n) is 15.8. The minimum atomic E-state index is -1.33. The van der Waals surface area contributed by atoms with E-state index in [1.54, 1.807) is 26.8 Å². The zero-order valence-corrected chi connectivity index (χ0v) is 15.8. The zero-order chi connectivity index (χ0) is 20.1. The molecule has 0 aromatic carbocycles. The molecule has 0 spiro atoms. The van der Waals surface area contributed by atoms with E-state index in [-0.39, 0.29) is 11.5 Å². The van der Waals surface area contributed by atoms with Crippen LogP contribution in [-0.4, -0.2) is 52.4 Å². The van der Waals surface area contributed by atoms with Crippen molar-refractivity contribution >= 4 is 18.2 Å². The van der Waals surface area contributed by atoms with Gasteiger partial charge >= 0.3 is 11.9 Å². The van der Waals surface area contributed by atoms with Crippen LogP contribution in [0.15, 0.2) is 23.8 Å². The van der Waals surface area contributed by atoms with Crippen molar-refractivity contribution in [3.8, 4) is 0 Å².